The Kier molecular flexibility index (Phi) is 3.03. The molecule has 0 aliphatic heterocycles. The van der Waals surface area contributed by atoms with Gasteiger partial charge in [-0.3, -0.25) is 0 Å². The highest BCUT2D eigenvalue weighted by atomic mass is 16.3. The van der Waals surface area contributed by atoms with Gasteiger partial charge in [0.2, 0.25) is 0 Å². The van der Waals surface area contributed by atoms with Crippen molar-refractivity contribution < 1.29 is 5.11 Å². The van der Waals surface area contributed by atoms with E-state index in [1.807, 2.05) is 36.4 Å². The molecule has 19 heavy (non-hydrogen) atoms. The normalized spacial score (nSPS) is 10.3. The number of hydrogen-bond donors (Lipinski definition) is 1. The van der Waals surface area contributed by atoms with Crippen molar-refractivity contribution in [3.8, 4) is 28.0 Å². The maximum absolute atomic E-state index is 9.56. The molecule has 0 saturated carbocycles. The van der Waals surface area contributed by atoms with Crippen LogP contribution in [-0.2, 0) is 0 Å². The third-order valence-corrected chi connectivity index (χ3v) is 3.15. The molecule has 0 atom stereocenters. The molecule has 3 aromatic carbocycles. The van der Waals surface area contributed by atoms with Crippen molar-refractivity contribution >= 4 is 0 Å². The van der Waals surface area contributed by atoms with Crippen molar-refractivity contribution in [1.29, 1.82) is 0 Å². The van der Waals surface area contributed by atoms with E-state index in [1.54, 1.807) is 12.1 Å². The van der Waals surface area contributed by atoms with Crippen molar-refractivity contribution in [2.75, 3.05) is 0 Å². The molecule has 0 radical (unpaired) electrons. The Balaban J connectivity index is 2.06. The molecule has 1 heteroatoms. The van der Waals surface area contributed by atoms with Crippen LogP contribution < -0.4 is 0 Å². The Labute approximate surface area is 112 Å². The third kappa shape index (κ3) is 2.50. The Hall–Kier alpha value is -2.54. The summed E-state index contributed by atoms with van der Waals surface area (Å²) in [5, 5.41) is 9.56. The van der Waals surface area contributed by atoms with Gasteiger partial charge in [-0.05, 0) is 40.5 Å². The minimum Gasteiger partial charge on any atom is -0.508 e. The van der Waals surface area contributed by atoms with Gasteiger partial charge in [0, 0.05) is 0 Å². The summed E-state index contributed by atoms with van der Waals surface area (Å²) < 4.78 is 0. The highest BCUT2D eigenvalue weighted by molar-refractivity contribution is 5.73. The average Bonchev–Trinajstić information content (AvgIpc) is 2.48. The molecule has 3 aromatic rings. The van der Waals surface area contributed by atoms with E-state index in [4.69, 9.17) is 0 Å². The molecule has 0 saturated heterocycles. The van der Waals surface area contributed by atoms with Crippen LogP contribution in [0.4, 0.5) is 0 Å². The first-order chi connectivity index (χ1) is 9.33. The lowest BCUT2D eigenvalue weighted by molar-refractivity contribution is 0.475. The van der Waals surface area contributed by atoms with Gasteiger partial charge >= 0.3 is 0 Å². The molecule has 1 N–H and O–H groups in total. The molecule has 0 aliphatic carbocycles. The van der Waals surface area contributed by atoms with Crippen LogP contribution in [0.25, 0.3) is 22.3 Å². The van der Waals surface area contributed by atoms with Crippen LogP contribution in [-0.4, -0.2) is 5.11 Å². The van der Waals surface area contributed by atoms with Crippen LogP contribution in [0.1, 0.15) is 0 Å². The maximum Gasteiger partial charge on any atom is 0.116 e. The SMILES string of the molecule is Oc1cccc(-c2cccc(-c3ccccc3)c2)c1. The molecule has 0 fully saturated rings. The Morgan fingerprint density at radius 1 is 0.474 bits per heavy atom. The molecule has 0 aromatic heterocycles. The van der Waals surface area contributed by atoms with Crippen molar-refractivity contribution in [3.05, 3.63) is 78.9 Å². The van der Waals surface area contributed by atoms with E-state index in [9.17, 15) is 5.11 Å². The summed E-state index contributed by atoms with van der Waals surface area (Å²) in [7, 11) is 0. The first kappa shape index (κ1) is 11.5. The van der Waals surface area contributed by atoms with Gasteiger partial charge in [-0.1, -0.05) is 60.7 Å². The number of phenolic OH excluding ortho intramolecular Hbond substituents is 1. The van der Waals surface area contributed by atoms with Crippen LogP contribution in [0.5, 0.6) is 5.75 Å². The molecule has 0 amide bonds. The van der Waals surface area contributed by atoms with Gasteiger partial charge < -0.3 is 5.11 Å². The van der Waals surface area contributed by atoms with Crippen LogP contribution in [0, 0.1) is 0 Å². The second kappa shape index (κ2) is 4.99. The van der Waals surface area contributed by atoms with E-state index >= 15 is 0 Å². The number of hydrogen-bond acceptors (Lipinski definition) is 1. The van der Waals surface area contributed by atoms with Gasteiger partial charge in [-0.15, -0.1) is 0 Å². The van der Waals surface area contributed by atoms with E-state index in [0.29, 0.717) is 5.75 Å². The van der Waals surface area contributed by atoms with Crippen molar-refractivity contribution in [2.24, 2.45) is 0 Å². The smallest absolute Gasteiger partial charge is 0.116 e. The highest BCUT2D eigenvalue weighted by Crippen LogP contribution is 2.27. The maximum atomic E-state index is 9.56. The van der Waals surface area contributed by atoms with Crippen molar-refractivity contribution in [1.82, 2.24) is 0 Å². The van der Waals surface area contributed by atoms with Crippen molar-refractivity contribution in [2.45, 2.75) is 0 Å². The standard InChI is InChI=1S/C18H14O/c19-18-11-5-10-17(13-18)16-9-4-8-15(12-16)14-6-2-1-3-7-14/h1-13,19H. The number of rotatable bonds is 2. The quantitative estimate of drug-likeness (QED) is 0.693. The van der Waals surface area contributed by atoms with Gasteiger partial charge in [0.25, 0.3) is 0 Å². The fourth-order valence-corrected chi connectivity index (χ4v) is 2.19. The summed E-state index contributed by atoms with van der Waals surface area (Å²) in [6, 6.07) is 26.0. The van der Waals surface area contributed by atoms with E-state index in [0.717, 1.165) is 11.1 Å². The molecule has 1 nitrogen and oxygen atoms in total. The van der Waals surface area contributed by atoms with Gasteiger partial charge in [0.05, 0.1) is 0 Å². The van der Waals surface area contributed by atoms with Crippen LogP contribution >= 0.6 is 0 Å². The van der Waals surface area contributed by atoms with Crippen LogP contribution in [0.3, 0.4) is 0 Å². The monoisotopic (exact) mass is 246 g/mol. The fraction of sp³-hybridized carbons (Fsp3) is 0. The minimum atomic E-state index is 0.294. The largest absolute Gasteiger partial charge is 0.508 e. The van der Waals surface area contributed by atoms with E-state index in [-0.39, 0.29) is 0 Å². The minimum absolute atomic E-state index is 0.294. The highest BCUT2D eigenvalue weighted by Gasteiger charge is 2.01. The molecule has 0 aliphatic rings. The Morgan fingerprint density at radius 2 is 1.00 bits per heavy atom. The van der Waals surface area contributed by atoms with Gasteiger partial charge in [-0.25, -0.2) is 0 Å². The Morgan fingerprint density at radius 3 is 1.68 bits per heavy atom. The first-order valence-corrected chi connectivity index (χ1v) is 6.28. The summed E-state index contributed by atoms with van der Waals surface area (Å²) in [5.41, 5.74) is 4.51. The van der Waals surface area contributed by atoms with Crippen LogP contribution in [0.15, 0.2) is 78.9 Å². The van der Waals surface area contributed by atoms with Gasteiger partial charge in [0.15, 0.2) is 0 Å². The summed E-state index contributed by atoms with van der Waals surface area (Å²) in [5.74, 6) is 0.294. The van der Waals surface area contributed by atoms with Crippen molar-refractivity contribution in [3.63, 3.8) is 0 Å². The first-order valence-electron chi connectivity index (χ1n) is 6.28. The molecule has 0 heterocycles. The summed E-state index contributed by atoms with van der Waals surface area (Å²) in [6.45, 7) is 0. The molecule has 92 valence electrons. The number of phenols is 1. The molecular weight excluding hydrogens is 232 g/mol. The predicted molar refractivity (Wildman–Crippen MR) is 79.0 cm³/mol. The lowest BCUT2D eigenvalue weighted by Crippen LogP contribution is -1.81. The van der Waals surface area contributed by atoms with E-state index in [2.05, 4.69) is 30.3 Å². The van der Waals surface area contributed by atoms with E-state index in [1.165, 1.54) is 11.1 Å². The molecule has 0 unspecified atom stereocenters. The molecule has 0 spiro atoms. The zero-order valence-corrected chi connectivity index (χ0v) is 10.5. The second-order valence-corrected chi connectivity index (χ2v) is 4.50. The second-order valence-electron chi connectivity index (χ2n) is 4.50. The molecule has 3 rings (SSSR count). The molecule has 0 bridgehead atoms. The number of aromatic hydroxyl groups is 1. The van der Waals surface area contributed by atoms with Gasteiger partial charge in [-0.2, -0.15) is 0 Å². The lowest BCUT2D eigenvalue weighted by Gasteiger charge is -2.06. The fourth-order valence-electron chi connectivity index (χ4n) is 2.19. The number of benzene rings is 3. The lowest BCUT2D eigenvalue weighted by atomic mass is 9.99. The summed E-state index contributed by atoms with van der Waals surface area (Å²) >= 11 is 0. The zero-order chi connectivity index (χ0) is 13.1. The van der Waals surface area contributed by atoms with Gasteiger partial charge in [0.1, 0.15) is 5.75 Å². The topological polar surface area (TPSA) is 20.2 Å². The molecular formula is C18H14O. The predicted octanol–water partition coefficient (Wildman–Crippen LogP) is 4.73. The zero-order valence-electron chi connectivity index (χ0n) is 10.5. The average molecular weight is 246 g/mol. The Bertz CT molecular complexity index is 687. The summed E-state index contributed by atoms with van der Waals surface area (Å²) in [6.07, 6.45) is 0. The third-order valence-electron chi connectivity index (χ3n) is 3.15. The summed E-state index contributed by atoms with van der Waals surface area (Å²) in [4.78, 5) is 0. The van der Waals surface area contributed by atoms with E-state index < -0.39 is 0 Å². The van der Waals surface area contributed by atoms with Crippen LogP contribution in [0.2, 0.25) is 0 Å².